The number of hydrogen-bond acceptors (Lipinski definition) is 6. The Morgan fingerprint density at radius 3 is 1.97 bits per heavy atom. The normalized spacial score (nSPS) is 10.5. The van der Waals surface area contributed by atoms with E-state index in [2.05, 4.69) is 51.9 Å². The molecule has 0 unspecified atom stereocenters. The molecule has 0 bridgehead atoms. The Bertz CT molecular complexity index is 1070. The van der Waals surface area contributed by atoms with Gasteiger partial charge in [0.15, 0.2) is 11.6 Å². The molecule has 0 saturated carbocycles. The van der Waals surface area contributed by atoms with Crippen molar-refractivity contribution in [2.75, 3.05) is 21.5 Å². The fourth-order valence-corrected chi connectivity index (χ4v) is 3.39. The highest BCUT2D eigenvalue weighted by molar-refractivity contribution is 5.80. The van der Waals surface area contributed by atoms with Crippen LogP contribution in [0.2, 0.25) is 0 Å². The summed E-state index contributed by atoms with van der Waals surface area (Å²) in [5.41, 5.74) is 14.5. The van der Waals surface area contributed by atoms with Crippen molar-refractivity contribution in [2.24, 2.45) is 0 Å². The van der Waals surface area contributed by atoms with Gasteiger partial charge in [-0.05, 0) is 54.8 Å². The quantitative estimate of drug-likeness (QED) is 0.273. The maximum atomic E-state index is 6.45. The monoisotopic (exact) mass is 424 g/mol. The topological polar surface area (TPSA) is 79.1 Å². The van der Waals surface area contributed by atoms with Crippen LogP contribution in [0.25, 0.3) is 0 Å². The van der Waals surface area contributed by atoms with Gasteiger partial charge in [-0.3, -0.25) is 10.4 Å². The largest absolute Gasteiger partial charge is 0.393 e. The van der Waals surface area contributed by atoms with E-state index in [0.717, 1.165) is 23.5 Å². The molecule has 0 aliphatic carbocycles. The third-order valence-electron chi connectivity index (χ3n) is 5.17. The number of aryl methyl sites for hydroxylation is 1. The van der Waals surface area contributed by atoms with Gasteiger partial charge in [0.25, 0.3) is 0 Å². The molecule has 0 amide bonds. The Balaban J connectivity index is 1.57. The number of rotatable bonds is 9. The van der Waals surface area contributed by atoms with Crippen LogP contribution in [0.5, 0.6) is 0 Å². The van der Waals surface area contributed by atoms with E-state index in [4.69, 9.17) is 5.73 Å². The second-order valence-corrected chi connectivity index (χ2v) is 7.53. The minimum absolute atomic E-state index is 0.444. The molecule has 4 N–H and O–H groups in total. The van der Waals surface area contributed by atoms with Gasteiger partial charge in [-0.15, -0.1) is 0 Å². The van der Waals surface area contributed by atoms with Crippen molar-refractivity contribution in [3.8, 4) is 0 Å². The Morgan fingerprint density at radius 1 is 0.781 bits per heavy atom. The van der Waals surface area contributed by atoms with Crippen LogP contribution in [-0.2, 0) is 6.42 Å². The van der Waals surface area contributed by atoms with Gasteiger partial charge in [0, 0.05) is 5.69 Å². The molecule has 3 aromatic carbocycles. The molecule has 0 radical (unpaired) electrons. The Kier molecular flexibility index (Phi) is 6.82. The highest BCUT2D eigenvalue weighted by Crippen LogP contribution is 2.30. The van der Waals surface area contributed by atoms with Crippen LogP contribution in [0.1, 0.15) is 25.3 Å². The first kappa shape index (κ1) is 21.2. The molecular weight excluding hydrogens is 396 g/mol. The van der Waals surface area contributed by atoms with Gasteiger partial charge in [0.1, 0.15) is 12.0 Å². The van der Waals surface area contributed by atoms with E-state index in [1.165, 1.54) is 24.7 Å². The Morgan fingerprint density at radius 2 is 1.38 bits per heavy atom. The second-order valence-electron chi connectivity index (χ2n) is 7.53. The average molecular weight is 425 g/mol. The number of nitrogen functional groups attached to an aromatic ring is 1. The van der Waals surface area contributed by atoms with E-state index < -0.39 is 0 Å². The highest BCUT2D eigenvalue weighted by atomic mass is 15.5. The summed E-state index contributed by atoms with van der Waals surface area (Å²) in [4.78, 5) is 8.74. The number of nitrogens with zero attached hydrogens (tertiary/aromatic N) is 3. The van der Waals surface area contributed by atoms with E-state index in [9.17, 15) is 0 Å². The number of anilines is 6. The van der Waals surface area contributed by atoms with Crippen LogP contribution in [-0.4, -0.2) is 9.97 Å². The summed E-state index contributed by atoms with van der Waals surface area (Å²) >= 11 is 0. The Hall–Kier alpha value is -4.06. The predicted molar refractivity (Wildman–Crippen MR) is 133 cm³/mol. The summed E-state index contributed by atoms with van der Waals surface area (Å²) < 4.78 is 0. The zero-order valence-electron chi connectivity index (χ0n) is 18.2. The van der Waals surface area contributed by atoms with Crippen LogP contribution >= 0.6 is 0 Å². The lowest BCUT2D eigenvalue weighted by Gasteiger charge is -2.26. The minimum atomic E-state index is 0.444. The minimum Gasteiger partial charge on any atom is -0.393 e. The lowest BCUT2D eigenvalue weighted by atomic mass is 10.1. The summed E-state index contributed by atoms with van der Waals surface area (Å²) in [5, 5.41) is 5.26. The van der Waals surface area contributed by atoms with Gasteiger partial charge in [0.05, 0.1) is 11.4 Å². The molecular formula is C26H28N6. The number of benzene rings is 3. The number of hydrogen-bond donors (Lipinski definition) is 3. The number of nitrogens with one attached hydrogen (secondary N) is 2. The van der Waals surface area contributed by atoms with Crippen LogP contribution in [0.4, 0.5) is 34.4 Å². The summed E-state index contributed by atoms with van der Waals surface area (Å²) in [5.74, 6) is 1.08. The molecule has 1 aromatic heterocycles. The molecule has 0 fully saturated rings. The summed E-state index contributed by atoms with van der Waals surface area (Å²) in [6.45, 7) is 2.20. The van der Waals surface area contributed by atoms with Crippen molar-refractivity contribution in [3.63, 3.8) is 0 Å². The maximum Gasteiger partial charge on any atom is 0.173 e. The number of aromatic nitrogens is 2. The van der Waals surface area contributed by atoms with Crippen LogP contribution in [0.15, 0.2) is 91.3 Å². The average Bonchev–Trinajstić information content (AvgIpc) is 2.85. The lowest BCUT2D eigenvalue weighted by Crippen LogP contribution is -2.26. The SMILES string of the molecule is CCCCc1ccc(Nc2ncnc(NN(c3ccccc3)c3ccccc3)c2N)cc1. The molecule has 6 heteroatoms. The molecule has 6 nitrogen and oxygen atoms in total. The molecule has 0 aliphatic heterocycles. The Labute approximate surface area is 189 Å². The molecule has 162 valence electrons. The van der Waals surface area contributed by atoms with E-state index >= 15 is 0 Å². The predicted octanol–water partition coefficient (Wildman–Crippen LogP) is 6.31. The zero-order chi connectivity index (χ0) is 22.2. The first-order valence-electron chi connectivity index (χ1n) is 10.9. The molecule has 4 rings (SSSR count). The molecule has 0 atom stereocenters. The summed E-state index contributed by atoms with van der Waals surface area (Å²) in [7, 11) is 0. The number of unbranched alkanes of at least 4 members (excludes halogenated alkanes) is 1. The van der Waals surface area contributed by atoms with E-state index in [-0.39, 0.29) is 0 Å². The molecule has 4 aromatic rings. The third kappa shape index (κ3) is 5.16. The first-order valence-corrected chi connectivity index (χ1v) is 10.9. The fourth-order valence-electron chi connectivity index (χ4n) is 3.39. The summed E-state index contributed by atoms with van der Waals surface area (Å²) in [6.07, 6.45) is 4.98. The van der Waals surface area contributed by atoms with Crippen molar-refractivity contribution in [1.29, 1.82) is 0 Å². The maximum absolute atomic E-state index is 6.45. The molecule has 32 heavy (non-hydrogen) atoms. The van der Waals surface area contributed by atoms with Gasteiger partial charge in [-0.2, -0.15) is 0 Å². The van der Waals surface area contributed by atoms with Crippen molar-refractivity contribution >= 4 is 34.4 Å². The molecule has 0 saturated heterocycles. The van der Waals surface area contributed by atoms with E-state index in [1.807, 2.05) is 65.7 Å². The van der Waals surface area contributed by atoms with E-state index in [0.29, 0.717) is 17.3 Å². The third-order valence-corrected chi connectivity index (χ3v) is 5.17. The van der Waals surface area contributed by atoms with Gasteiger partial charge >= 0.3 is 0 Å². The van der Waals surface area contributed by atoms with Gasteiger partial charge in [-0.25, -0.2) is 9.97 Å². The van der Waals surface area contributed by atoms with Crippen LogP contribution in [0.3, 0.4) is 0 Å². The number of nitrogens with two attached hydrogens (primary N) is 1. The molecule has 0 aliphatic rings. The number of para-hydroxylation sites is 2. The fraction of sp³-hybridized carbons (Fsp3) is 0.154. The van der Waals surface area contributed by atoms with E-state index in [1.54, 1.807) is 0 Å². The summed E-state index contributed by atoms with van der Waals surface area (Å²) in [6, 6.07) is 28.4. The van der Waals surface area contributed by atoms with Crippen molar-refractivity contribution in [2.45, 2.75) is 26.2 Å². The number of hydrazine groups is 1. The molecule has 1 heterocycles. The van der Waals surface area contributed by atoms with Gasteiger partial charge in [-0.1, -0.05) is 61.9 Å². The second kappa shape index (κ2) is 10.3. The van der Waals surface area contributed by atoms with Gasteiger partial charge in [0.2, 0.25) is 0 Å². The first-order chi connectivity index (χ1) is 15.7. The smallest absolute Gasteiger partial charge is 0.173 e. The zero-order valence-corrected chi connectivity index (χ0v) is 18.2. The van der Waals surface area contributed by atoms with Crippen LogP contribution in [0, 0.1) is 0 Å². The standard InChI is InChI=1S/C26H28N6/c1-2-3-10-20-15-17-21(18-16-20)30-25-24(27)26(29-19-28-25)31-32(22-11-6-4-7-12-22)23-13-8-5-9-14-23/h4-9,11-19H,2-3,10,27H2,1H3,(H2,28,29,30,31). The highest BCUT2D eigenvalue weighted by Gasteiger charge is 2.14. The van der Waals surface area contributed by atoms with Crippen molar-refractivity contribution in [1.82, 2.24) is 9.97 Å². The van der Waals surface area contributed by atoms with Gasteiger partial charge < -0.3 is 11.1 Å². The van der Waals surface area contributed by atoms with Crippen LogP contribution < -0.4 is 21.5 Å². The van der Waals surface area contributed by atoms with Crippen molar-refractivity contribution < 1.29 is 0 Å². The lowest BCUT2D eigenvalue weighted by molar-refractivity contribution is 0.795. The van der Waals surface area contributed by atoms with Crippen molar-refractivity contribution in [3.05, 3.63) is 96.8 Å². The molecule has 0 spiro atoms.